The van der Waals surface area contributed by atoms with Gasteiger partial charge in [-0.1, -0.05) is 23.2 Å². The molecule has 0 aliphatic rings. The van der Waals surface area contributed by atoms with Crippen molar-refractivity contribution in [3.63, 3.8) is 0 Å². The predicted octanol–water partition coefficient (Wildman–Crippen LogP) is 2.84. The Morgan fingerprint density at radius 2 is 2.11 bits per heavy atom. The van der Waals surface area contributed by atoms with Crippen molar-refractivity contribution in [2.45, 2.75) is 6.42 Å². The average Bonchev–Trinajstić information content (AvgIpc) is 2.36. The Morgan fingerprint density at radius 1 is 1.33 bits per heavy atom. The minimum absolute atomic E-state index is 0.206. The van der Waals surface area contributed by atoms with Gasteiger partial charge in [-0.05, 0) is 30.4 Å². The molecular formula is C12H15Cl2NO2S. The maximum atomic E-state index is 11.8. The van der Waals surface area contributed by atoms with Crippen molar-refractivity contribution >= 4 is 40.9 Å². The molecule has 3 nitrogen and oxygen atoms in total. The number of rotatable bonds is 7. The molecule has 0 bridgehead atoms. The largest absolute Gasteiger partial charge is 0.396 e. The first-order valence-electron chi connectivity index (χ1n) is 5.57. The van der Waals surface area contributed by atoms with Gasteiger partial charge in [-0.2, -0.15) is 11.8 Å². The number of aliphatic hydroxyl groups is 1. The molecule has 100 valence electrons. The monoisotopic (exact) mass is 307 g/mol. The van der Waals surface area contributed by atoms with Gasteiger partial charge in [-0.3, -0.25) is 4.79 Å². The first-order chi connectivity index (χ1) is 8.65. The molecular weight excluding hydrogens is 293 g/mol. The standard InChI is InChI=1S/C12H15Cl2NO2S/c13-9-2-3-11(14)10(8-9)12(17)15-4-7-18-6-1-5-16/h2-3,8,16H,1,4-7H2,(H,15,17). The molecule has 1 aromatic carbocycles. The van der Waals surface area contributed by atoms with Gasteiger partial charge in [-0.25, -0.2) is 0 Å². The highest BCUT2D eigenvalue weighted by Crippen LogP contribution is 2.20. The maximum absolute atomic E-state index is 11.8. The van der Waals surface area contributed by atoms with Crippen molar-refractivity contribution in [2.75, 3.05) is 24.7 Å². The Kier molecular flexibility index (Phi) is 7.51. The molecule has 0 heterocycles. The fourth-order valence-corrected chi connectivity index (χ4v) is 2.43. The average molecular weight is 308 g/mol. The molecule has 6 heteroatoms. The molecule has 0 spiro atoms. The van der Waals surface area contributed by atoms with E-state index < -0.39 is 0 Å². The molecule has 0 aliphatic carbocycles. The Hall–Kier alpha value is -0.420. The lowest BCUT2D eigenvalue weighted by molar-refractivity contribution is 0.0956. The quantitative estimate of drug-likeness (QED) is 0.762. The highest BCUT2D eigenvalue weighted by molar-refractivity contribution is 7.99. The van der Waals surface area contributed by atoms with E-state index in [4.69, 9.17) is 28.3 Å². The number of benzene rings is 1. The van der Waals surface area contributed by atoms with Crippen molar-refractivity contribution in [2.24, 2.45) is 0 Å². The molecule has 1 amide bonds. The predicted molar refractivity (Wildman–Crippen MR) is 77.8 cm³/mol. The number of hydrogen-bond donors (Lipinski definition) is 2. The minimum Gasteiger partial charge on any atom is -0.396 e. The molecule has 0 saturated carbocycles. The Balaban J connectivity index is 2.34. The second kappa shape index (κ2) is 8.64. The maximum Gasteiger partial charge on any atom is 0.252 e. The van der Waals surface area contributed by atoms with Crippen LogP contribution in [0.3, 0.4) is 0 Å². The van der Waals surface area contributed by atoms with Crippen molar-refractivity contribution < 1.29 is 9.90 Å². The van der Waals surface area contributed by atoms with Gasteiger partial charge in [0.25, 0.3) is 5.91 Å². The third-order valence-corrected chi connectivity index (χ3v) is 3.79. The van der Waals surface area contributed by atoms with Crippen LogP contribution in [-0.2, 0) is 0 Å². The van der Waals surface area contributed by atoms with Gasteiger partial charge >= 0.3 is 0 Å². The number of amides is 1. The van der Waals surface area contributed by atoms with Crippen LogP contribution in [0.4, 0.5) is 0 Å². The number of halogens is 2. The summed E-state index contributed by atoms with van der Waals surface area (Å²) in [5.74, 6) is 1.49. The van der Waals surface area contributed by atoms with Crippen LogP contribution in [0.5, 0.6) is 0 Å². The number of aliphatic hydroxyl groups excluding tert-OH is 1. The lowest BCUT2D eigenvalue weighted by Crippen LogP contribution is -2.26. The lowest BCUT2D eigenvalue weighted by Gasteiger charge is -2.07. The smallest absolute Gasteiger partial charge is 0.252 e. The third kappa shape index (κ3) is 5.48. The van der Waals surface area contributed by atoms with Gasteiger partial charge in [-0.15, -0.1) is 0 Å². The molecule has 18 heavy (non-hydrogen) atoms. The Morgan fingerprint density at radius 3 is 2.83 bits per heavy atom. The summed E-state index contributed by atoms with van der Waals surface area (Å²) in [6, 6.07) is 4.80. The van der Waals surface area contributed by atoms with Crippen molar-refractivity contribution in [3.8, 4) is 0 Å². The molecule has 0 radical (unpaired) electrons. The van der Waals surface area contributed by atoms with Gasteiger partial charge in [0.15, 0.2) is 0 Å². The van der Waals surface area contributed by atoms with Crippen LogP contribution in [0.2, 0.25) is 10.0 Å². The van der Waals surface area contributed by atoms with E-state index in [0.717, 1.165) is 17.9 Å². The molecule has 0 aliphatic heterocycles. The van der Waals surface area contributed by atoms with Gasteiger partial charge in [0.2, 0.25) is 0 Å². The summed E-state index contributed by atoms with van der Waals surface area (Å²) in [5.41, 5.74) is 0.393. The first-order valence-corrected chi connectivity index (χ1v) is 7.48. The zero-order valence-electron chi connectivity index (χ0n) is 9.79. The van der Waals surface area contributed by atoms with Crippen molar-refractivity contribution in [3.05, 3.63) is 33.8 Å². The number of nitrogens with one attached hydrogen (secondary N) is 1. The lowest BCUT2D eigenvalue weighted by atomic mass is 10.2. The topological polar surface area (TPSA) is 49.3 Å². The van der Waals surface area contributed by atoms with E-state index in [1.54, 1.807) is 30.0 Å². The van der Waals surface area contributed by atoms with E-state index in [0.29, 0.717) is 22.2 Å². The van der Waals surface area contributed by atoms with E-state index in [1.165, 1.54) is 0 Å². The van der Waals surface area contributed by atoms with E-state index in [2.05, 4.69) is 5.32 Å². The summed E-state index contributed by atoms with van der Waals surface area (Å²) in [7, 11) is 0. The zero-order valence-corrected chi connectivity index (χ0v) is 12.1. The molecule has 0 unspecified atom stereocenters. The molecule has 0 aromatic heterocycles. The van der Waals surface area contributed by atoms with Gasteiger partial charge in [0.05, 0.1) is 10.6 Å². The summed E-state index contributed by atoms with van der Waals surface area (Å²) in [6.45, 7) is 0.773. The highest BCUT2D eigenvalue weighted by Gasteiger charge is 2.10. The van der Waals surface area contributed by atoms with Crippen molar-refractivity contribution in [1.29, 1.82) is 0 Å². The van der Waals surface area contributed by atoms with Gasteiger partial charge in [0.1, 0.15) is 0 Å². The normalized spacial score (nSPS) is 10.4. The molecule has 0 saturated heterocycles. The van der Waals surface area contributed by atoms with E-state index in [-0.39, 0.29) is 12.5 Å². The highest BCUT2D eigenvalue weighted by atomic mass is 35.5. The molecule has 0 fully saturated rings. The molecule has 0 atom stereocenters. The fraction of sp³-hybridized carbons (Fsp3) is 0.417. The van der Waals surface area contributed by atoms with E-state index in [1.807, 2.05) is 0 Å². The van der Waals surface area contributed by atoms with Gasteiger partial charge in [0, 0.05) is 23.9 Å². The zero-order chi connectivity index (χ0) is 13.4. The van der Waals surface area contributed by atoms with Crippen LogP contribution in [0.1, 0.15) is 16.8 Å². The Labute approximate surface area is 121 Å². The molecule has 1 aromatic rings. The summed E-state index contributed by atoms with van der Waals surface area (Å²) in [5, 5.41) is 12.3. The third-order valence-electron chi connectivity index (χ3n) is 2.15. The van der Waals surface area contributed by atoms with E-state index >= 15 is 0 Å². The number of carbonyl (C=O) groups excluding carboxylic acids is 1. The number of hydrogen-bond acceptors (Lipinski definition) is 3. The van der Waals surface area contributed by atoms with Crippen LogP contribution in [0, 0.1) is 0 Å². The van der Waals surface area contributed by atoms with Crippen molar-refractivity contribution in [1.82, 2.24) is 5.32 Å². The van der Waals surface area contributed by atoms with Crippen LogP contribution < -0.4 is 5.32 Å². The summed E-state index contributed by atoms with van der Waals surface area (Å²) in [6.07, 6.45) is 0.777. The summed E-state index contributed by atoms with van der Waals surface area (Å²) in [4.78, 5) is 11.8. The summed E-state index contributed by atoms with van der Waals surface area (Å²) < 4.78 is 0. The first kappa shape index (κ1) is 15.6. The molecule has 2 N–H and O–H groups in total. The minimum atomic E-state index is -0.217. The second-order valence-electron chi connectivity index (χ2n) is 3.57. The van der Waals surface area contributed by atoms with Crippen LogP contribution in [-0.4, -0.2) is 35.7 Å². The SMILES string of the molecule is O=C(NCCSCCCO)c1cc(Cl)ccc1Cl. The molecule has 1 rings (SSSR count). The van der Waals surface area contributed by atoms with Crippen LogP contribution >= 0.6 is 35.0 Å². The fourth-order valence-electron chi connectivity index (χ4n) is 1.27. The van der Waals surface area contributed by atoms with Crippen LogP contribution in [0.15, 0.2) is 18.2 Å². The summed E-state index contributed by atoms with van der Waals surface area (Å²) >= 11 is 13.4. The Bertz CT molecular complexity index is 402. The van der Waals surface area contributed by atoms with Crippen LogP contribution in [0.25, 0.3) is 0 Å². The van der Waals surface area contributed by atoms with E-state index in [9.17, 15) is 4.79 Å². The number of carbonyl (C=O) groups is 1. The van der Waals surface area contributed by atoms with Gasteiger partial charge < -0.3 is 10.4 Å². The number of thioether (sulfide) groups is 1. The second-order valence-corrected chi connectivity index (χ2v) is 5.64.